The summed E-state index contributed by atoms with van der Waals surface area (Å²) in [6.07, 6.45) is 1.05. The van der Waals surface area contributed by atoms with Gasteiger partial charge in [0.25, 0.3) is 0 Å². The van der Waals surface area contributed by atoms with Gasteiger partial charge in [-0.25, -0.2) is 0 Å². The van der Waals surface area contributed by atoms with Crippen molar-refractivity contribution in [1.82, 2.24) is 0 Å². The van der Waals surface area contributed by atoms with Crippen LogP contribution < -0.4 is 4.90 Å². The summed E-state index contributed by atoms with van der Waals surface area (Å²) in [5.41, 5.74) is 0.0585. The number of hydrogen-bond donors (Lipinski definition) is 1. The molecule has 0 aliphatic carbocycles. The topological polar surface area (TPSA) is 47.3 Å². The molecular weight excluding hydrogens is 188 g/mol. The molecule has 1 heterocycles. The zero-order valence-corrected chi connectivity index (χ0v) is 8.56. The van der Waals surface area contributed by atoms with Gasteiger partial charge in [0.2, 0.25) is 0 Å². The van der Waals surface area contributed by atoms with Crippen LogP contribution in [0.2, 0.25) is 0 Å². The summed E-state index contributed by atoms with van der Waals surface area (Å²) >= 11 is 0. The lowest BCUT2D eigenvalue weighted by Crippen LogP contribution is -2.43. The minimum Gasteiger partial charge on any atom is -0.375 e. The molecular formula is C12H14N2O. The first-order valence-electron chi connectivity index (χ1n) is 5.17. The number of piperidine rings is 1. The molecule has 1 aliphatic rings. The molecule has 1 fully saturated rings. The first kappa shape index (κ1) is 10.0. The second kappa shape index (κ2) is 3.92. The van der Waals surface area contributed by atoms with Crippen LogP contribution in [0.5, 0.6) is 0 Å². The standard InChI is InChI=1S/C12H14N2O/c13-10-12(15)6-8-14(9-7-12)11-4-2-1-3-5-11/h1-5,15H,6-9H2. The van der Waals surface area contributed by atoms with Gasteiger partial charge in [-0.1, -0.05) is 18.2 Å². The molecule has 0 aromatic heterocycles. The molecule has 1 aromatic rings. The smallest absolute Gasteiger partial charge is 0.154 e. The quantitative estimate of drug-likeness (QED) is 0.703. The number of aliphatic hydroxyl groups is 1. The fourth-order valence-corrected chi connectivity index (χ4v) is 1.89. The van der Waals surface area contributed by atoms with Gasteiger partial charge in [0.15, 0.2) is 5.60 Å². The highest BCUT2D eigenvalue weighted by atomic mass is 16.3. The number of rotatable bonds is 1. The fraction of sp³-hybridized carbons (Fsp3) is 0.417. The maximum atomic E-state index is 9.76. The Labute approximate surface area is 89.6 Å². The van der Waals surface area contributed by atoms with Crippen LogP contribution in [0.4, 0.5) is 5.69 Å². The van der Waals surface area contributed by atoms with E-state index in [0.717, 1.165) is 18.8 Å². The predicted molar refractivity (Wildman–Crippen MR) is 58.5 cm³/mol. The van der Waals surface area contributed by atoms with Crippen molar-refractivity contribution in [1.29, 1.82) is 5.26 Å². The maximum absolute atomic E-state index is 9.76. The Morgan fingerprint density at radius 3 is 2.33 bits per heavy atom. The Hall–Kier alpha value is -1.53. The first-order valence-corrected chi connectivity index (χ1v) is 5.17. The highest BCUT2D eigenvalue weighted by Gasteiger charge is 2.31. The summed E-state index contributed by atoms with van der Waals surface area (Å²) in [7, 11) is 0. The number of nitriles is 1. The third-order valence-electron chi connectivity index (χ3n) is 2.92. The van der Waals surface area contributed by atoms with Gasteiger partial charge >= 0.3 is 0 Å². The van der Waals surface area contributed by atoms with E-state index < -0.39 is 5.60 Å². The largest absolute Gasteiger partial charge is 0.375 e. The van der Waals surface area contributed by atoms with Crippen molar-refractivity contribution in [2.75, 3.05) is 18.0 Å². The molecule has 2 rings (SSSR count). The van der Waals surface area contributed by atoms with Crippen molar-refractivity contribution in [2.45, 2.75) is 18.4 Å². The Bertz CT molecular complexity index is 361. The predicted octanol–water partition coefficient (Wildman–Crippen LogP) is 1.54. The molecule has 0 atom stereocenters. The summed E-state index contributed by atoms with van der Waals surface area (Å²) < 4.78 is 0. The molecule has 1 saturated heterocycles. The second-order valence-corrected chi connectivity index (χ2v) is 3.97. The third-order valence-corrected chi connectivity index (χ3v) is 2.92. The molecule has 3 nitrogen and oxygen atoms in total. The molecule has 0 unspecified atom stereocenters. The Balaban J connectivity index is 2.04. The van der Waals surface area contributed by atoms with E-state index in [1.165, 1.54) is 0 Å². The fourth-order valence-electron chi connectivity index (χ4n) is 1.89. The van der Waals surface area contributed by atoms with Gasteiger partial charge in [-0.2, -0.15) is 5.26 Å². The molecule has 0 radical (unpaired) electrons. The van der Waals surface area contributed by atoms with Crippen molar-refractivity contribution in [3.8, 4) is 6.07 Å². The normalized spacial score (nSPS) is 19.6. The van der Waals surface area contributed by atoms with Crippen LogP contribution in [0.25, 0.3) is 0 Å². The van der Waals surface area contributed by atoms with Crippen molar-refractivity contribution < 1.29 is 5.11 Å². The van der Waals surface area contributed by atoms with E-state index in [2.05, 4.69) is 17.0 Å². The summed E-state index contributed by atoms with van der Waals surface area (Å²) in [6.45, 7) is 1.49. The van der Waals surface area contributed by atoms with Gasteiger partial charge in [0, 0.05) is 31.6 Å². The summed E-state index contributed by atoms with van der Waals surface area (Å²) in [5.74, 6) is 0. The lowest BCUT2D eigenvalue weighted by Gasteiger charge is -2.35. The van der Waals surface area contributed by atoms with Crippen LogP contribution in [-0.4, -0.2) is 23.8 Å². The Morgan fingerprint density at radius 2 is 1.80 bits per heavy atom. The Kier molecular flexibility index (Phi) is 2.61. The van der Waals surface area contributed by atoms with Gasteiger partial charge in [0.1, 0.15) is 0 Å². The highest BCUT2D eigenvalue weighted by Crippen LogP contribution is 2.25. The van der Waals surface area contributed by atoms with Gasteiger partial charge < -0.3 is 10.0 Å². The van der Waals surface area contributed by atoms with Crippen molar-refractivity contribution >= 4 is 5.69 Å². The third kappa shape index (κ3) is 2.11. The molecule has 1 aromatic carbocycles. The van der Waals surface area contributed by atoms with E-state index in [4.69, 9.17) is 5.26 Å². The maximum Gasteiger partial charge on any atom is 0.154 e. The van der Waals surface area contributed by atoms with E-state index in [1.807, 2.05) is 24.3 Å². The minimum atomic E-state index is -1.11. The van der Waals surface area contributed by atoms with Crippen LogP contribution in [0, 0.1) is 11.3 Å². The van der Waals surface area contributed by atoms with Gasteiger partial charge in [-0.3, -0.25) is 0 Å². The highest BCUT2D eigenvalue weighted by molar-refractivity contribution is 5.46. The van der Waals surface area contributed by atoms with Crippen molar-refractivity contribution in [3.63, 3.8) is 0 Å². The lowest BCUT2D eigenvalue weighted by molar-refractivity contribution is 0.0724. The molecule has 0 bridgehead atoms. The van der Waals surface area contributed by atoms with E-state index in [-0.39, 0.29) is 0 Å². The summed E-state index contributed by atoms with van der Waals surface area (Å²) in [4.78, 5) is 2.20. The first-order chi connectivity index (χ1) is 7.23. The number of benzene rings is 1. The average Bonchev–Trinajstić information content (AvgIpc) is 2.31. The Morgan fingerprint density at radius 1 is 1.20 bits per heavy atom. The summed E-state index contributed by atoms with van der Waals surface area (Å²) in [5, 5.41) is 18.5. The van der Waals surface area contributed by atoms with E-state index in [9.17, 15) is 5.11 Å². The lowest BCUT2D eigenvalue weighted by atomic mass is 9.93. The minimum absolute atomic E-state index is 0.526. The van der Waals surface area contributed by atoms with Crippen molar-refractivity contribution in [2.24, 2.45) is 0 Å². The molecule has 3 heteroatoms. The monoisotopic (exact) mass is 202 g/mol. The number of para-hydroxylation sites is 1. The number of anilines is 1. The number of hydrogen-bond acceptors (Lipinski definition) is 3. The zero-order valence-electron chi connectivity index (χ0n) is 8.56. The van der Waals surface area contributed by atoms with Crippen molar-refractivity contribution in [3.05, 3.63) is 30.3 Å². The molecule has 78 valence electrons. The van der Waals surface area contributed by atoms with Gasteiger partial charge in [0.05, 0.1) is 6.07 Å². The molecule has 0 amide bonds. The molecule has 15 heavy (non-hydrogen) atoms. The van der Waals surface area contributed by atoms with Gasteiger partial charge in [-0.05, 0) is 12.1 Å². The second-order valence-electron chi connectivity index (χ2n) is 3.97. The molecule has 1 aliphatic heterocycles. The van der Waals surface area contributed by atoms with Crippen LogP contribution in [0.1, 0.15) is 12.8 Å². The van der Waals surface area contributed by atoms with Gasteiger partial charge in [-0.15, -0.1) is 0 Å². The van der Waals surface area contributed by atoms with Crippen LogP contribution in [-0.2, 0) is 0 Å². The summed E-state index contributed by atoms with van der Waals surface area (Å²) in [6, 6.07) is 12.1. The molecule has 0 saturated carbocycles. The number of nitrogens with zero attached hydrogens (tertiary/aromatic N) is 2. The van der Waals surface area contributed by atoms with E-state index in [0.29, 0.717) is 12.8 Å². The van der Waals surface area contributed by atoms with Crippen LogP contribution in [0.15, 0.2) is 30.3 Å². The molecule has 1 N–H and O–H groups in total. The molecule has 0 spiro atoms. The SMILES string of the molecule is N#CC1(O)CCN(c2ccccc2)CC1. The van der Waals surface area contributed by atoms with Crippen LogP contribution in [0.3, 0.4) is 0 Å². The van der Waals surface area contributed by atoms with Crippen LogP contribution >= 0.6 is 0 Å². The average molecular weight is 202 g/mol. The zero-order chi connectivity index (χ0) is 10.7. The van der Waals surface area contributed by atoms with E-state index >= 15 is 0 Å². The van der Waals surface area contributed by atoms with E-state index in [1.54, 1.807) is 0 Å².